The molecule has 35 heavy (non-hydrogen) atoms. The van der Waals surface area contributed by atoms with Gasteiger partial charge < -0.3 is 20.3 Å². The van der Waals surface area contributed by atoms with E-state index in [0.717, 1.165) is 39.6 Å². The Morgan fingerprint density at radius 1 is 1.14 bits per heavy atom. The molecule has 8 nitrogen and oxygen atoms in total. The number of hydrogen-bond acceptors (Lipinski definition) is 5. The van der Waals surface area contributed by atoms with Crippen LogP contribution in [0.25, 0.3) is 22.6 Å². The van der Waals surface area contributed by atoms with Gasteiger partial charge in [-0.1, -0.05) is 0 Å². The van der Waals surface area contributed by atoms with Crippen molar-refractivity contribution in [3.63, 3.8) is 0 Å². The van der Waals surface area contributed by atoms with Crippen molar-refractivity contribution in [1.82, 2.24) is 24.3 Å². The highest BCUT2D eigenvalue weighted by Crippen LogP contribution is 2.30. The number of amides is 1. The van der Waals surface area contributed by atoms with Gasteiger partial charge in [-0.05, 0) is 61.5 Å². The highest BCUT2D eigenvalue weighted by molar-refractivity contribution is 5.79. The molecule has 0 bridgehead atoms. The Morgan fingerprint density at radius 2 is 1.97 bits per heavy atom. The Bertz CT molecular complexity index is 1510. The summed E-state index contributed by atoms with van der Waals surface area (Å²) in [5.74, 6) is -0.332. The lowest BCUT2D eigenvalue weighted by Gasteiger charge is -2.13. The zero-order chi connectivity index (χ0) is 24.4. The van der Waals surface area contributed by atoms with Crippen molar-refractivity contribution in [3.8, 4) is 16.9 Å². The van der Waals surface area contributed by atoms with Gasteiger partial charge in [-0.3, -0.25) is 9.20 Å². The van der Waals surface area contributed by atoms with Crippen LogP contribution >= 0.6 is 0 Å². The van der Waals surface area contributed by atoms with E-state index in [1.807, 2.05) is 58.6 Å². The molecule has 0 unspecified atom stereocenters. The second kappa shape index (κ2) is 9.40. The second-order valence-corrected chi connectivity index (χ2v) is 8.08. The van der Waals surface area contributed by atoms with Crippen LogP contribution in [-0.2, 0) is 17.9 Å². The molecule has 3 heterocycles. The smallest absolute Gasteiger partial charge is 0.207 e. The van der Waals surface area contributed by atoms with Crippen LogP contribution in [0.15, 0.2) is 73.3 Å². The van der Waals surface area contributed by atoms with Crippen LogP contribution < -0.4 is 10.6 Å². The number of hydrogen-bond donors (Lipinski definition) is 3. The van der Waals surface area contributed by atoms with Crippen LogP contribution in [-0.4, -0.2) is 30.5 Å². The quantitative estimate of drug-likeness (QED) is 0.297. The van der Waals surface area contributed by atoms with Gasteiger partial charge in [0.05, 0.1) is 47.9 Å². The molecule has 0 saturated carbocycles. The van der Waals surface area contributed by atoms with Gasteiger partial charge in [0.1, 0.15) is 5.82 Å². The summed E-state index contributed by atoms with van der Waals surface area (Å²) in [5.41, 5.74) is 6.80. The molecule has 3 N–H and O–H groups in total. The van der Waals surface area contributed by atoms with Gasteiger partial charge in [0.2, 0.25) is 6.41 Å². The fourth-order valence-electron chi connectivity index (χ4n) is 4.11. The van der Waals surface area contributed by atoms with Crippen LogP contribution in [0.3, 0.4) is 0 Å². The number of rotatable bonds is 8. The van der Waals surface area contributed by atoms with E-state index in [1.165, 1.54) is 12.1 Å². The third-order valence-corrected chi connectivity index (χ3v) is 5.74. The summed E-state index contributed by atoms with van der Waals surface area (Å²) >= 11 is 0. The van der Waals surface area contributed by atoms with Crippen molar-refractivity contribution in [2.45, 2.75) is 20.1 Å². The first-order valence-corrected chi connectivity index (χ1v) is 11.0. The van der Waals surface area contributed by atoms with Crippen molar-refractivity contribution in [1.29, 1.82) is 0 Å². The van der Waals surface area contributed by atoms with Crippen LogP contribution in [0, 0.1) is 12.7 Å². The van der Waals surface area contributed by atoms with Crippen LogP contribution in [0.5, 0.6) is 0 Å². The van der Waals surface area contributed by atoms with Crippen LogP contribution in [0.4, 0.5) is 15.8 Å². The van der Waals surface area contributed by atoms with E-state index in [0.29, 0.717) is 17.8 Å². The number of carbonyl (C=O) groups is 1. The number of aryl methyl sites for hydroxylation is 1. The van der Waals surface area contributed by atoms with E-state index in [2.05, 4.69) is 15.6 Å². The summed E-state index contributed by atoms with van der Waals surface area (Å²) in [6.45, 7) is 2.04. The minimum atomic E-state index is -0.332. The molecule has 0 aliphatic carbocycles. The Labute approximate surface area is 200 Å². The molecule has 0 saturated heterocycles. The van der Waals surface area contributed by atoms with Gasteiger partial charge >= 0.3 is 0 Å². The van der Waals surface area contributed by atoms with Gasteiger partial charge in [0.25, 0.3) is 0 Å². The Hall–Kier alpha value is -4.50. The molecule has 1 amide bonds. The number of benzene rings is 2. The summed E-state index contributed by atoms with van der Waals surface area (Å²) in [7, 11) is 0. The molecule has 9 heteroatoms. The molecule has 0 spiro atoms. The highest BCUT2D eigenvalue weighted by atomic mass is 19.1. The van der Waals surface area contributed by atoms with Crippen LogP contribution in [0.2, 0.25) is 0 Å². The topological polar surface area (TPSA) is 96.5 Å². The normalized spacial score (nSPS) is 11.1. The molecule has 5 rings (SSSR count). The largest absolute Gasteiger partial charge is 0.392 e. The Kier molecular flexibility index (Phi) is 5.99. The number of imidazole rings is 2. The van der Waals surface area contributed by atoms with Gasteiger partial charge in [-0.2, -0.15) is 0 Å². The number of halogens is 1. The standard InChI is InChI=1S/C26H23FN6O2/c1-17-13-32(15-29-17)23-9-8-21(11-19(23)14-34)30-22-3-2-10-33-24(12-28-16-35)25(31-26(22)33)18-4-6-20(27)7-5-18/h2-11,13,15-16,30,34H,12,14H2,1H3,(H,28,35). The lowest BCUT2D eigenvalue weighted by molar-refractivity contribution is -0.109. The number of nitrogens with zero attached hydrogens (tertiary/aromatic N) is 4. The molecule has 0 atom stereocenters. The average molecular weight is 471 g/mol. The van der Waals surface area contributed by atoms with Crippen molar-refractivity contribution in [3.05, 3.63) is 96.1 Å². The fraction of sp³-hybridized carbons (Fsp3) is 0.115. The van der Waals surface area contributed by atoms with E-state index >= 15 is 0 Å². The molecular formula is C26H23FN6O2. The van der Waals surface area contributed by atoms with E-state index in [1.54, 1.807) is 18.5 Å². The number of aromatic nitrogens is 4. The molecule has 2 aromatic carbocycles. The average Bonchev–Trinajstić information content (AvgIpc) is 3.47. The number of pyridine rings is 1. The SMILES string of the molecule is Cc1cn(-c2ccc(Nc3cccn4c(CNC=O)c(-c5ccc(F)cc5)nc34)cc2CO)cn1. The lowest BCUT2D eigenvalue weighted by atomic mass is 10.1. The number of fused-ring (bicyclic) bond motifs is 1. The third-order valence-electron chi connectivity index (χ3n) is 5.74. The minimum absolute atomic E-state index is 0.133. The first kappa shape index (κ1) is 22.3. The molecule has 0 fully saturated rings. The van der Waals surface area contributed by atoms with Gasteiger partial charge in [-0.25, -0.2) is 14.4 Å². The van der Waals surface area contributed by atoms with E-state index < -0.39 is 0 Å². The number of nitrogens with one attached hydrogen (secondary N) is 2. The van der Waals surface area contributed by atoms with Crippen LogP contribution in [0.1, 0.15) is 17.0 Å². The second-order valence-electron chi connectivity index (χ2n) is 8.08. The first-order valence-electron chi connectivity index (χ1n) is 11.0. The zero-order valence-electron chi connectivity index (χ0n) is 18.9. The zero-order valence-corrected chi connectivity index (χ0v) is 18.9. The Balaban J connectivity index is 1.56. The predicted octanol–water partition coefficient (Wildman–Crippen LogP) is 4.12. The molecule has 3 aromatic heterocycles. The minimum Gasteiger partial charge on any atom is -0.392 e. The molecule has 176 valence electrons. The number of anilines is 2. The van der Waals surface area contributed by atoms with Gasteiger partial charge in [-0.15, -0.1) is 0 Å². The molecular weight excluding hydrogens is 447 g/mol. The maximum Gasteiger partial charge on any atom is 0.207 e. The summed E-state index contributed by atoms with van der Waals surface area (Å²) < 4.78 is 17.3. The van der Waals surface area contributed by atoms with Crippen molar-refractivity contribution in [2.75, 3.05) is 5.32 Å². The number of aliphatic hydroxyl groups is 1. The maximum absolute atomic E-state index is 13.5. The monoisotopic (exact) mass is 470 g/mol. The molecule has 5 aromatic rings. The van der Waals surface area contributed by atoms with Crippen molar-refractivity contribution < 1.29 is 14.3 Å². The summed E-state index contributed by atoms with van der Waals surface area (Å²) in [6, 6.07) is 15.6. The van der Waals surface area contributed by atoms with E-state index in [-0.39, 0.29) is 19.0 Å². The fourth-order valence-corrected chi connectivity index (χ4v) is 4.11. The first-order chi connectivity index (χ1) is 17.1. The lowest BCUT2D eigenvalue weighted by Crippen LogP contribution is -2.12. The Morgan fingerprint density at radius 3 is 2.69 bits per heavy atom. The highest BCUT2D eigenvalue weighted by Gasteiger charge is 2.17. The van der Waals surface area contributed by atoms with E-state index in [9.17, 15) is 14.3 Å². The summed E-state index contributed by atoms with van der Waals surface area (Å²) in [4.78, 5) is 20.1. The number of aliphatic hydroxyl groups excluding tert-OH is 1. The van der Waals surface area contributed by atoms with E-state index in [4.69, 9.17) is 4.98 Å². The van der Waals surface area contributed by atoms with Gasteiger partial charge in [0.15, 0.2) is 5.65 Å². The predicted molar refractivity (Wildman–Crippen MR) is 131 cm³/mol. The van der Waals surface area contributed by atoms with Crippen molar-refractivity contribution in [2.24, 2.45) is 0 Å². The maximum atomic E-state index is 13.5. The third kappa shape index (κ3) is 4.36. The molecule has 0 aliphatic heterocycles. The molecule has 0 radical (unpaired) electrons. The molecule has 0 aliphatic rings. The summed E-state index contributed by atoms with van der Waals surface area (Å²) in [6.07, 6.45) is 6.12. The summed E-state index contributed by atoms with van der Waals surface area (Å²) in [5, 5.41) is 16.1. The van der Waals surface area contributed by atoms with Crippen molar-refractivity contribution >= 4 is 23.4 Å². The number of carbonyl (C=O) groups excluding carboxylic acids is 1. The van der Waals surface area contributed by atoms with Gasteiger partial charge in [0, 0.05) is 29.2 Å².